The van der Waals surface area contributed by atoms with Crippen LogP contribution in [0.5, 0.6) is 11.5 Å². The van der Waals surface area contributed by atoms with Crippen molar-refractivity contribution in [2.24, 2.45) is 5.10 Å². The summed E-state index contributed by atoms with van der Waals surface area (Å²) in [4.78, 5) is 12.0. The van der Waals surface area contributed by atoms with Gasteiger partial charge in [-0.15, -0.1) is 0 Å². The maximum absolute atomic E-state index is 12.0. The Morgan fingerprint density at radius 1 is 1.11 bits per heavy atom. The van der Waals surface area contributed by atoms with Crippen molar-refractivity contribution in [3.05, 3.63) is 53.6 Å². The van der Waals surface area contributed by atoms with E-state index in [0.29, 0.717) is 29.4 Å². The van der Waals surface area contributed by atoms with Crippen LogP contribution in [-0.2, 0) is 0 Å². The quantitative estimate of drug-likeness (QED) is 0.287. The summed E-state index contributed by atoms with van der Waals surface area (Å²) in [5.41, 5.74) is 9.99. The van der Waals surface area contributed by atoms with Gasteiger partial charge >= 0.3 is 0 Å². The zero-order valence-corrected chi connectivity index (χ0v) is 15.9. The first-order valence-electron chi connectivity index (χ1n) is 9.13. The zero-order chi connectivity index (χ0) is 19.5. The van der Waals surface area contributed by atoms with Gasteiger partial charge in [0.25, 0.3) is 5.91 Å². The molecule has 0 aliphatic rings. The summed E-state index contributed by atoms with van der Waals surface area (Å²) in [7, 11) is 1.60. The van der Waals surface area contributed by atoms with Gasteiger partial charge in [0, 0.05) is 11.3 Å². The number of amides is 1. The maximum atomic E-state index is 12.0. The number of carbonyl (C=O) groups excluding carboxylic acids is 1. The van der Waals surface area contributed by atoms with E-state index in [1.165, 1.54) is 12.8 Å². The minimum atomic E-state index is -0.301. The van der Waals surface area contributed by atoms with Gasteiger partial charge in [0.05, 0.1) is 19.9 Å². The lowest BCUT2D eigenvalue weighted by atomic mass is 10.2. The number of nitrogens with one attached hydrogen (secondary N) is 1. The fraction of sp³-hybridized carbons (Fsp3) is 0.333. The summed E-state index contributed by atoms with van der Waals surface area (Å²) in [5.74, 6) is 1.04. The van der Waals surface area contributed by atoms with Crippen molar-refractivity contribution in [3.63, 3.8) is 0 Å². The van der Waals surface area contributed by atoms with Gasteiger partial charge in [0.15, 0.2) is 11.5 Å². The molecule has 144 valence electrons. The Bertz CT molecular complexity index is 758. The molecule has 2 rings (SSSR count). The SMILES string of the molecule is CCCCCCOc1ccc(/C=N\NC(=O)c2ccc(N)cc2)cc1OC. The van der Waals surface area contributed by atoms with Crippen molar-refractivity contribution in [1.82, 2.24) is 5.43 Å². The standard InChI is InChI=1S/C21H27N3O3/c1-3-4-5-6-13-27-19-12-7-16(14-20(19)26-2)15-23-24-21(25)17-8-10-18(22)11-9-17/h7-12,14-15H,3-6,13,22H2,1-2H3,(H,24,25)/b23-15-. The fourth-order valence-electron chi connectivity index (χ4n) is 2.46. The van der Waals surface area contributed by atoms with Crippen LogP contribution >= 0.6 is 0 Å². The Hall–Kier alpha value is -3.02. The third-order valence-corrected chi connectivity index (χ3v) is 4.00. The largest absolute Gasteiger partial charge is 0.493 e. The summed E-state index contributed by atoms with van der Waals surface area (Å²) in [6.07, 6.45) is 6.17. The summed E-state index contributed by atoms with van der Waals surface area (Å²) >= 11 is 0. The summed E-state index contributed by atoms with van der Waals surface area (Å²) in [6.45, 7) is 2.85. The molecule has 0 aromatic heterocycles. The van der Waals surface area contributed by atoms with Gasteiger partial charge in [-0.05, 0) is 54.4 Å². The Kier molecular flexibility index (Phi) is 8.16. The van der Waals surface area contributed by atoms with Crippen molar-refractivity contribution >= 4 is 17.8 Å². The van der Waals surface area contributed by atoms with E-state index in [1.807, 2.05) is 18.2 Å². The zero-order valence-electron chi connectivity index (χ0n) is 15.9. The van der Waals surface area contributed by atoms with Crippen LogP contribution < -0.4 is 20.6 Å². The molecule has 6 nitrogen and oxygen atoms in total. The van der Waals surface area contributed by atoms with Gasteiger partial charge in [-0.2, -0.15) is 5.10 Å². The number of methoxy groups -OCH3 is 1. The van der Waals surface area contributed by atoms with Crippen LogP contribution in [0.25, 0.3) is 0 Å². The van der Waals surface area contributed by atoms with Gasteiger partial charge in [-0.1, -0.05) is 26.2 Å². The van der Waals surface area contributed by atoms with Gasteiger partial charge in [-0.3, -0.25) is 4.79 Å². The second kappa shape index (κ2) is 10.9. The van der Waals surface area contributed by atoms with E-state index in [4.69, 9.17) is 15.2 Å². The maximum Gasteiger partial charge on any atom is 0.271 e. The van der Waals surface area contributed by atoms with Gasteiger partial charge < -0.3 is 15.2 Å². The van der Waals surface area contributed by atoms with E-state index in [1.54, 1.807) is 37.6 Å². The smallest absolute Gasteiger partial charge is 0.271 e. The van der Waals surface area contributed by atoms with E-state index in [9.17, 15) is 4.79 Å². The minimum absolute atomic E-state index is 0.301. The molecule has 2 aromatic rings. The fourth-order valence-corrected chi connectivity index (χ4v) is 2.46. The summed E-state index contributed by atoms with van der Waals surface area (Å²) < 4.78 is 11.2. The molecule has 3 N–H and O–H groups in total. The number of rotatable bonds is 10. The molecule has 0 radical (unpaired) electrons. The van der Waals surface area contributed by atoms with Crippen LogP contribution in [0.1, 0.15) is 48.5 Å². The Balaban J connectivity index is 1.91. The molecule has 0 aliphatic carbocycles. The molecule has 0 saturated heterocycles. The lowest BCUT2D eigenvalue weighted by molar-refractivity contribution is 0.0955. The highest BCUT2D eigenvalue weighted by Crippen LogP contribution is 2.27. The Morgan fingerprint density at radius 2 is 1.89 bits per heavy atom. The third-order valence-electron chi connectivity index (χ3n) is 4.00. The van der Waals surface area contributed by atoms with Crippen LogP contribution in [0.2, 0.25) is 0 Å². The second-order valence-electron chi connectivity index (χ2n) is 6.14. The van der Waals surface area contributed by atoms with Crippen molar-refractivity contribution in [2.75, 3.05) is 19.5 Å². The summed E-state index contributed by atoms with van der Waals surface area (Å²) in [5, 5.41) is 3.99. The van der Waals surface area contributed by atoms with E-state index in [2.05, 4.69) is 17.5 Å². The molecule has 1 amide bonds. The number of hydrazone groups is 1. The Morgan fingerprint density at radius 3 is 2.59 bits per heavy atom. The molecular weight excluding hydrogens is 342 g/mol. The number of hydrogen-bond acceptors (Lipinski definition) is 5. The topological polar surface area (TPSA) is 85.9 Å². The highest BCUT2D eigenvalue weighted by atomic mass is 16.5. The Labute approximate surface area is 160 Å². The number of unbranched alkanes of at least 4 members (excludes halogenated alkanes) is 3. The lowest BCUT2D eigenvalue weighted by Gasteiger charge is -2.11. The summed E-state index contributed by atoms with van der Waals surface area (Å²) in [6, 6.07) is 12.2. The third kappa shape index (κ3) is 6.66. The minimum Gasteiger partial charge on any atom is -0.493 e. The van der Waals surface area contributed by atoms with E-state index >= 15 is 0 Å². The molecule has 0 fully saturated rings. The van der Waals surface area contributed by atoms with Crippen LogP contribution in [0, 0.1) is 0 Å². The van der Waals surface area contributed by atoms with Crippen LogP contribution in [0.3, 0.4) is 0 Å². The normalized spacial score (nSPS) is 10.7. The molecule has 27 heavy (non-hydrogen) atoms. The second-order valence-corrected chi connectivity index (χ2v) is 6.14. The predicted molar refractivity (Wildman–Crippen MR) is 109 cm³/mol. The average Bonchev–Trinajstić information content (AvgIpc) is 2.69. The number of hydrogen-bond donors (Lipinski definition) is 2. The van der Waals surface area contributed by atoms with Gasteiger partial charge in [0.1, 0.15) is 0 Å². The van der Waals surface area contributed by atoms with E-state index < -0.39 is 0 Å². The first-order valence-corrected chi connectivity index (χ1v) is 9.13. The average molecular weight is 369 g/mol. The molecule has 0 atom stereocenters. The molecule has 0 heterocycles. The molecule has 0 unspecified atom stereocenters. The van der Waals surface area contributed by atoms with E-state index in [0.717, 1.165) is 18.4 Å². The van der Waals surface area contributed by atoms with Gasteiger partial charge in [-0.25, -0.2) is 5.43 Å². The lowest BCUT2D eigenvalue weighted by Crippen LogP contribution is -2.17. The number of ether oxygens (including phenoxy) is 2. The number of nitrogen functional groups attached to an aromatic ring is 1. The first-order chi connectivity index (χ1) is 13.1. The molecule has 0 saturated carbocycles. The highest BCUT2D eigenvalue weighted by molar-refractivity contribution is 5.95. The molecule has 2 aromatic carbocycles. The number of nitrogens with two attached hydrogens (primary N) is 1. The number of anilines is 1. The van der Waals surface area contributed by atoms with Crippen molar-refractivity contribution in [2.45, 2.75) is 32.6 Å². The van der Waals surface area contributed by atoms with Crippen LogP contribution in [0.15, 0.2) is 47.6 Å². The monoisotopic (exact) mass is 369 g/mol. The molecule has 0 spiro atoms. The number of benzene rings is 2. The first kappa shape index (κ1) is 20.3. The van der Waals surface area contributed by atoms with Crippen LogP contribution in [0.4, 0.5) is 5.69 Å². The number of nitrogens with zero attached hydrogens (tertiary/aromatic N) is 1. The predicted octanol–water partition coefficient (Wildman–Crippen LogP) is 4.00. The molecule has 0 aliphatic heterocycles. The van der Waals surface area contributed by atoms with Crippen molar-refractivity contribution in [1.29, 1.82) is 0 Å². The van der Waals surface area contributed by atoms with E-state index in [-0.39, 0.29) is 5.91 Å². The number of carbonyl (C=O) groups is 1. The van der Waals surface area contributed by atoms with Crippen LogP contribution in [-0.4, -0.2) is 25.8 Å². The molecule has 0 bridgehead atoms. The molecule has 6 heteroatoms. The van der Waals surface area contributed by atoms with Gasteiger partial charge in [0.2, 0.25) is 0 Å². The van der Waals surface area contributed by atoms with Crippen molar-refractivity contribution in [3.8, 4) is 11.5 Å². The van der Waals surface area contributed by atoms with Crippen molar-refractivity contribution < 1.29 is 14.3 Å². The highest BCUT2D eigenvalue weighted by Gasteiger charge is 2.06. The molecular formula is C21H27N3O3.